The lowest BCUT2D eigenvalue weighted by molar-refractivity contribution is 0.0713. The van der Waals surface area contributed by atoms with Crippen LogP contribution in [0.4, 0.5) is 0 Å². The average molecular weight is 284 g/mol. The van der Waals surface area contributed by atoms with Crippen LogP contribution in [0.15, 0.2) is 33.9 Å². The van der Waals surface area contributed by atoms with E-state index in [0.29, 0.717) is 13.2 Å². The molecule has 1 aliphatic heterocycles. The van der Waals surface area contributed by atoms with Crippen molar-refractivity contribution < 1.29 is 9.94 Å². The van der Waals surface area contributed by atoms with E-state index in [0.717, 1.165) is 17.3 Å². The van der Waals surface area contributed by atoms with Gasteiger partial charge in [0.15, 0.2) is 0 Å². The van der Waals surface area contributed by atoms with Crippen molar-refractivity contribution >= 4 is 22.1 Å². The molecule has 1 aliphatic rings. The second kappa shape index (κ2) is 4.97. The van der Waals surface area contributed by atoms with Crippen LogP contribution in [0.5, 0.6) is 0 Å². The summed E-state index contributed by atoms with van der Waals surface area (Å²) in [5.41, 5.74) is 0.986. The molecule has 16 heavy (non-hydrogen) atoms. The molecule has 4 heteroatoms. The van der Waals surface area contributed by atoms with Gasteiger partial charge < -0.3 is 9.94 Å². The fraction of sp³-hybridized carbons (Fsp3) is 0.417. The zero-order chi connectivity index (χ0) is 11.4. The molecule has 0 saturated carbocycles. The lowest BCUT2D eigenvalue weighted by Crippen LogP contribution is -2.35. The fourth-order valence-electron chi connectivity index (χ4n) is 2.14. The molecule has 1 heterocycles. The monoisotopic (exact) mass is 283 g/mol. The molecule has 86 valence electrons. The molecular weight excluding hydrogens is 270 g/mol. The van der Waals surface area contributed by atoms with Crippen LogP contribution in [0, 0.1) is 0 Å². The van der Waals surface area contributed by atoms with E-state index in [2.05, 4.69) is 33.2 Å². The number of hydrogen-bond donors (Lipinski definition) is 1. The van der Waals surface area contributed by atoms with Crippen LogP contribution in [-0.2, 0) is 10.2 Å². The summed E-state index contributed by atoms with van der Waals surface area (Å²) in [5, 5.41) is 12.1. The highest BCUT2D eigenvalue weighted by Gasteiger charge is 2.33. The summed E-state index contributed by atoms with van der Waals surface area (Å²) < 4.78 is 6.41. The third-order valence-electron chi connectivity index (χ3n) is 3.09. The van der Waals surface area contributed by atoms with Gasteiger partial charge in [0.1, 0.15) is 0 Å². The Hall–Kier alpha value is -0.870. The van der Waals surface area contributed by atoms with Gasteiger partial charge in [0.2, 0.25) is 0 Å². The van der Waals surface area contributed by atoms with E-state index in [1.165, 1.54) is 5.56 Å². The number of ether oxygens (including phenoxy) is 1. The molecule has 0 spiro atoms. The van der Waals surface area contributed by atoms with E-state index in [1.807, 2.05) is 12.1 Å². The second-order valence-corrected chi connectivity index (χ2v) is 4.94. The third-order valence-corrected chi connectivity index (χ3v) is 3.58. The quantitative estimate of drug-likeness (QED) is 0.515. The Balaban J connectivity index is 2.38. The van der Waals surface area contributed by atoms with Gasteiger partial charge in [-0.25, -0.2) is 0 Å². The maximum absolute atomic E-state index is 8.83. The minimum atomic E-state index is -0.184. The molecule has 0 radical (unpaired) electrons. The number of halogens is 1. The molecular formula is C12H14BrNO2. The van der Waals surface area contributed by atoms with E-state index in [-0.39, 0.29) is 5.41 Å². The normalized spacial score (nSPS) is 20.1. The minimum absolute atomic E-state index is 0.184. The molecule has 0 amide bonds. The zero-order valence-corrected chi connectivity index (χ0v) is 10.5. The van der Waals surface area contributed by atoms with Gasteiger partial charge in [0, 0.05) is 23.1 Å². The largest absolute Gasteiger partial charge is 0.411 e. The van der Waals surface area contributed by atoms with Crippen molar-refractivity contribution in [3.05, 3.63) is 34.3 Å². The summed E-state index contributed by atoms with van der Waals surface area (Å²) in [6.45, 7) is 1.41. The van der Waals surface area contributed by atoms with Crippen molar-refractivity contribution in [1.82, 2.24) is 0 Å². The molecule has 1 N–H and O–H groups in total. The SMILES string of the molecule is O/N=C/C1(c2cccc(Br)c2)CCOCC1. The first-order chi connectivity index (χ1) is 7.77. The average Bonchev–Trinajstić information content (AvgIpc) is 2.31. The van der Waals surface area contributed by atoms with Crippen molar-refractivity contribution in [2.24, 2.45) is 5.16 Å². The van der Waals surface area contributed by atoms with E-state index < -0.39 is 0 Å². The van der Waals surface area contributed by atoms with Crippen molar-refractivity contribution in [3.63, 3.8) is 0 Å². The predicted octanol–water partition coefficient (Wildman–Crippen LogP) is 2.96. The molecule has 1 aromatic carbocycles. The highest BCUT2D eigenvalue weighted by atomic mass is 79.9. The van der Waals surface area contributed by atoms with Crippen LogP contribution < -0.4 is 0 Å². The van der Waals surface area contributed by atoms with E-state index in [1.54, 1.807) is 6.21 Å². The van der Waals surface area contributed by atoms with Gasteiger partial charge in [-0.2, -0.15) is 0 Å². The Bertz CT molecular complexity index is 386. The molecule has 0 aliphatic carbocycles. The Kier molecular flexibility index (Phi) is 3.61. The van der Waals surface area contributed by atoms with Crippen LogP contribution >= 0.6 is 15.9 Å². The summed E-state index contributed by atoms with van der Waals surface area (Å²) in [4.78, 5) is 0. The Morgan fingerprint density at radius 2 is 2.12 bits per heavy atom. The van der Waals surface area contributed by atoms with Gasteiger partial charge in [0.05, 0.1) is 6.21 Å². The first-order valence-electron chi connectivity index (χ1n) is 5.29. The number of nitrogens with zero attached hydrogens (tertiary/aromatic N) is 1. The van der Waals surface area contributed by atoms with Crippen molar-refractivity contribution in [2.45, 2.75) is 18.3 Å². The summed E-state index contributed by atoms with van der Waals surface area (Å²) >= 11 is 3.47. The van der Waals surface area contributed by atoms with Gasteiger partial charge >= 0.3 is 0 Å². The first kappa shape index (κ1) is 11.6. The van der Waals surface area contributed by atoms with Crippen LogP contribution in [0.2, 0.25) is 0 Å². The van der Waals surface area contributed by atoms with Gasteiger partial charge in [-0.05, 0) is 30.5 Å². The summed E-state index contributed by atoms with van der Waals surface area (Å²) in [5.74, 6) is 0. The number of oxime groups is 1. The molecule has 0 bridgehead atoms. The lowest BCUT2D eigenvalue weighted by Gasteiger charge is -2.33. The lowest BCUT2D eigenvalue weighted by atomic mass is 9.75. The summed E-state index contributed by atoms with van der Waals surface area (Å²) in [6, 6.07) is 8.14. The standard InChI is InChI=1S/C12H14BrNO2/c13-11-3-1-2-10(8-11)12(9-14-15)4-6-16-7-5-12/h1-3,8-9,15H,4-7H2/b14-9+. The summed E-state index contributed by atoms with van der Waals surface area (Å²) in [7, 11) is 0. The van der Waals surface area contributed by atoms with E-state index in [4.69, 9.17) is 9.94 Å². The number of rotatable bonds is 2. The highest BCUT2D eigenvalue weighted by molar-refractivity contribution is 9.10. The second-order valence-electron chi connectivity index (χ2n) is 4.02. The van der Waals surface area contributed by atoms with Gasteiger partial charge in [-0.3, -0.25) is 0 Å². The topological polar surface area (TPSA) is 41.8 Å². The third kappa shape index (κ3) is 2.28. The molecule has 2 rings (SSSR count). The zero-order valence-electron chi connectivity index (χ0n) is 8.90. The molecule has 3 nitrogen and oxygen atoms in total. The van der Waals surface area contributed by atoms with E-state index >= 15 is 0 Å². The summed E-state index contributed by atoms with van der Waals surface area (Å²) in [6.07, 6.45) is 3.35. The number of benzene rings is 1. The van der Waals surface area contributed by atoms with Crippen molar-refractivity contribution in [2.75, 3.05) is 13.2 Å². The molecule has 1 aromatic rings. The van der Waals surface area contributed by atoms with Crippen LogP contribution in [-0.4, -0.2) is 24.6 Å². The Morgan fingerprint density at radius 3 is 2.75 bits per heavy atom. The minimum Gasteiger partial charge on any atom is -0.411 e. The fourth-order valence-corrected chi connectivity index (χ4v) is 2.54. The van der Waals surface area contributed by atoms with Gasteiger partial charge in [-0.1, -0.05) is 28.1 Å². The van der Waals surface area contributed by atoms with Crippen molar-refractivity contribution in [1.29, 1.82) is 0 Å². The van der Waals surface area contributed by atoms with Crippen LogP contribution in [0.25, 0.3) is 0 Å². The van der Waals surface area contributed by atoms with Crippen LogP contribution in [0.1, 0.15) is 18.4 Å². The maximum Gasteiger partial charge on any atom is 0.0543 e. The molecule has 0 unspecified atom stereocenters. The van der Waals surface area contributed by atoms with Crippen molar-refractivity contribution in [3.8, 4) is 0 Å². The first-order valence-corrected chi connectivity index (χ1v) is 6.08. The van der Waals surface area contributed by atoms with Gasteiger partial charge in [-0.15, -0.1) is 5.16 Å². The maximum atomic E-state index is 8.83. The Morgan fingerprint density at radius 1 is 1.38 bits per heavy atom. The van der Waals surface area contributed by atoms with Crippen LogP contribution in [0.3, 0.4) is 0 Å². The molecule has 1 saturated heterocycles. The van der Waals surface area contributed by atoms with Gasteiger partial charge in [0.25, 0.3) is 0 Å². The highest BCUT2D eigenvalue weighted by Crippen LogP contribution is 2.34. The Labute approximate surface area is 103 Å². The molecule has 0 aromatic heterocycles. The predicted molar refractivity (Wildman–Crippen MR) is 66.2 cm³/mol. The molecule has 0 atom stereocenters. The smallest absolute Gasteiger partial charge is 0.0543 e. The number of hydrogen-bond acceptors (Lipinski definition) is 3. The molecule has 1 fully saturated rings. The van der Waals surface area contributed by atoms with E-state index in [9.17, 15) is 0 Å².